The molecular weight excluding hydrogens is 358 g/mol. The molecule has 0 fully saturated rings. The SMILES string of the molecule is COc1cc(Br)c(CNC2CCOc3ccccc32)cc1OC. The fraction of sp³-hybridized carbons (Fsp3) is 0.333. The molecule has 2 aromatic carbocycles. The van der Waals surface area contributed by atoms with E-state index in [-0.39, 0.29) is 0 Å². The van der Waals surface area contributed by atoms with E-state index in [0.717, 1.165) is 46.9 Å². The van der Waals surface area contributed by atoms with E-state index in [1.54, 1.807) is 14.2 Å². The lowest BCUT2D eigenvalue weighted by molar-refractivity contribution is 0.252. The van der Waals surface area contributed by atoms with Crippen LogP contribution in [0.1, 0.15) is 23.6 Å². The number of fused-ring (bicyclic) bond motifs is 1. The monoisotopic (exact) mass is 377 g/mol. The number of nitrogens with one attached hydrogen (secondary N) is 1. The Labute approximate surface area is 144 Å². The summed E-state index contributed by atoms with van der Waals surface area (Å²) in [5, 5.41) is 3.62. The van der Waals surface area contributed by atoms with Gasteiger partial charge in [-0.3, -0.25) is 0 Å². The predicted octanol–water partition coefficient (Wildman–Crippen LogP) is 4.08. The fourth-order valence-electron chi connectivity index (χ4n) is 2.82. The van der Waals surface area contributed by atoms with Crippen molar-refractivity contribution in [3.8, 4) is 17.2 Å². The third-order valence-corrected chi connectivity index (χ3v) is 4.79. The first kappa shape index (κ1) is 16.1. The number of benzene rings is 2. The zero-order valence-electron chi connectivity index (χ0n) is 13.3. The van der Waals surface area contributed by atoms with E-state index >= 15 is 0 Å². The zero-order chi connectivity index (χ0) is 16.2. The van der Waals surface area contributed by atoms with Crippen LogP contribution in [0.25, 0.3) is 0 Å². The van der Waals surface area contributed by atoms with Gasteiger partial charge in [-0.25, -0.2) is 0 Å². The molecule has 23 heavy (non-hydrogen) atoms. The van der Waals surface area contributed by atoms with Gasteiger partial charge in [0.1, 0.15) is 5.75 Å². The minimum atomic E-state index is 0.292. The Morgan fingerprint density at radius 1 is 1.17 bits per heavy atom. The number of rotatable bonds is 5. The highest BCUT2D eigenvalue weighted by Crippen LogP contribution is 2.35. The van der Waals surface area contributed by atoms with Crippen LogP contribution in [0.2, 0.25) is 0 Å². The molecule has 0 saturated carbocycles. The van der Waals surface area contributed by atoms with Crippen LogP contribution in [-0.2, 0) is 6.54 Å². The van der Waals surface area contributed by atoms with Crippen LogP contribution in [0.3, 0.4) is 0 Å². The number of halogens is 1. The summed E-state index contributed by atoms with van der Waals surface area (Å²) in [7, 11) is 3.29. The van der Waals surface area contributed by atoms with Crippen molar-refractivity contribution >= 4 is 15.9 Å². The van der Waals surface area contributed by atoms with E-state index in [1.807, 2.05) is 24.3 Å². The average Bonchev–Trinajstić information content (AvgIpc) is 2.60. The number of hydrogen-bond donors (Lipinski definition) is 1. The number of para-hydroxylation sites is 1. The van der Waals surface area contributed by atoms with Gasteiger partial charge < -0.3 is 19.5 Å². The molecule has 5 heteroatoms. The molecule has 0 radical (unpaired) electrons. The van der Waals surface area contributed by atoms with Crippen molar-refractivity contribution in [2.24, 2.45) is 0 Å². The topological polar surface area (TPSA) is 39.7 Å². The molecule has 1 N–H and O–H groups in total. The largest absolute Gasteiger partial charge is 0.493 e. The van der Waals surface area contributed by atoms with Crippen LogP contribution in [0.4, 0.5) is 0 Å². The molecule has 2 aromatic rings. The van der Waals surface area contributed by atoms with Crippen LogP contribution in [0.15, 0.2) is 40.9 Å². The van der Waals surface area contributed by atoms with E-state index in [4.69, 9.17) is 14.2 Å². The van der Waals surface area contributed by atoms with Crippen molar-refractivity contribution in [1.29, 1.82) is 0 Å². The van der Waals surface area contributed by atoms with Gasteiger partial charge in [-0.1, -0.05) is 34.1 Å². The van der Waals surface area contributed by atoms with E-state index in [2.05, 4.69) is 33.4 Å². The summed E-state index contributed by atoms with van der Waals surface area (Å²) in [6.45, 7) is 1.47. The summed E-state index contributed by atoms with van der Waals surface area (Å²) in [5.41, 5.74) is 2.35. The second kappa shape index (κ2) is 7.23. The predicted molar refractivity (Wildman–Crippen MR) is 93.4 cm³/mol. The lowest BCUT2D eigenvalue weighted by Gasteiger charge is -2.27. The molecule has 3 rings (SSSR count). The normalized spacial score (nSPS) is 16.4. The second-order valence-electron chi connectivity index (χ2n) is 5.41. The van der Waals surface area contributed by atoms with Crippen molar-refractivity contribution in [3.63, 3.8) is 0 Å². The van der Waals surface area contributed by atoms with E-state index < -0.39 is 0 Å². The maximum absolute atomic E-state index is 5.71. The lowest BCUT2D eigenvalue weighted by Crippen LogP contribution is -2.26. The molecule has 0 bridgehead atoms. The Kier molecular flexibility index (Phi) is 5.08. The summed E-state index contributed by atoms with van der Waals surface area (Å²) in [4.78, 5) is 0. The van der Waals surface area contributed by atoms with E-state index in [0.29, 0.717) is 6.04 Å². The minimum Gasteiger partial charge on any atom is -0.493 e. The van der Waals surface area contributed by atoms with Crippen molar-refractivity contribution in [2.45, 2.75) is 19.0 Å². The fourth-order valence-corrected chi connectivity index (χ4v) is 3.28. The van der Waals surface area contributed by atoms with Gasteiger partial charge >= 0.3 is 0 Å². The molecule has 1 unspecified atom stereocenters. The first-order valence-corrected chi connectivity index (χ1v) is 8.37. The first-order valence-electron chi connectivity index (χ1n) is 7.58. The smallest absolute Gasteiger partial charge is 0.161 e. The maximum atomic E-state index is 5.71. The summed E-state index contributed by atoms with van der Waals surface area (Å²) < 4.78 is 17.4. The van der Waals surface area contributed by atoms with Crippen molar-refractivity contribution in [3.05, 3.63) is 52.0 Å². The number of hydrogen-bond acceptors (Lipinski definition) is 4. The Hall–Kier alpha value is -1.72. The summed E-state index contributed by atoms with van der Waals surface area (Å²) in [6.07, 6.45) is 0.960. The van der Waals surface area contributed by atoms with E-state index in [9.17, 15) is 0 Å². The van der Waals surface area contributed by atoms with E-state index in [1.165, 1.54) is 5.56 Å². The van der Waals surface area contributed by atoms with Gasteiger partial charge in [0, 0.05) is 29.0 Å². The van der Waals surface area contributed by atoms with Crippen molar-refractivity contribution in [2.75, 3.05) is 20.8 Å². The average molecular weight is 378 g/mol. The van der Waals surface area contributed by atoms with Crippen molar-refractivity contribution in [1.82, 2.24) is 5.32 Å². The molecule has 0 aromatic heterocycles. The van der Waals surface area contributed by atoms with Gasteiger partial charge in [-0.05, 0) is 23.8 Å². The first-order chi connectivity index (χ1) is 11.2. The quantitative estimate of drug-likeness (QED) is 0.851. The van der Waals surface area contributed by atoms with Crippen molar-refractivity contribution < 1.29 is 14.2 Å². The molecule has 1 atom stereocenters. The summed E-state index contributed by atoms with van der Waals surface area (Å²) in [5.74, 6) is 2.43. The Balaban J connectivity index is 1.77. The van der Waals surface area contributed by atoms with Crippen LogP contribution in [0.5, 0.6) is 17.2 Å². The van der Waals surface area contributed by atoms with Gasteiger partial charge in [0.15, 0.2) is 11.5 Å². The molecule has 4 nitrogen and oxygen atoms in total. The molecule has 1 heterocycles. The minimum absolute atomic E-state index is 0.292. The second-order valence-corrected chi connectivity index (χ2v) is 6.26. The molecule has 0 aliphatic carbocycles. The van der Waals surface area contributed by atoms with Gasteiger partial charge in [-0.2, -0.15) is 0 Å². The Morgan fingerprint density at radius 3 is 2.70 bits per heavy atom. The highest BCUT2D eigenvalue weighted by molar-refractivity contribution is 9.10. The lowest BCUT2D eigenvalue weighted by atomic mass is 10.0. The third kappa shape index (κ3) is 3.46. The molecule has 1 aliphatic rings. The van der Waals surface area contributed by atoms with Gasteiger partial charge in [0.25, 0.3) is 0 Å². The van der Waals surface area contributed by atoms with Crippen LogP contribution in [-0.4, -0.2) is 20.8 Å². The number of methoxy groups -OCH3 is 2. The Morgan fingerprint density at radius 2 is 1.91 bits per heavy atom. The highest BCUT2D eigenvalue weighted by atomic mass is 79.9. The summed E-state index contributed by atoms with van der Waals surface area (Å²) >= 11 is 3.61. The molecule has 1 aliphatic heterocycles. The van der Waals surface area contributed by atoms with Crippen LogP contribution in [0, 0.1) is 0 Å². The zero-order valence-corrected chi connectivity index (χ0v) is 14.9. The molecule has 0 saturated heterocycles. The Bertz CT molecular complexity index is 690. The molecule has 0 amide bonds. The maximum Gasteiger partial charge on any atom is 0.161 e. The highest BCUT2D eigenvalue weighted by Gasteiger charge is 2.21. The number of ether oxygens (including phenoxy) is 3. The van der Waals surface area contributed by atoms with Gasteiger partial charge in [0.2, 0.25) is 0 Å². The standard InChI is InChI=1S/C18H20BrNO3/c1-21-17-9-12(14(19)10-18(17)22-2)11-20-15-7-8-23-16-6-4-3-5-13(15)16/h3-6,9-10,15,20H,7-8,11H2,1-2H3. The summed E-state index contributed by atoms with van der Waals surface area (Å²) in [6, 6.07) is 12.4. The molecule has 0 spiro atoms. The van der Waals surface area contributed by atoms with Crippen LogP contribution < -0.4 is 19.5 Å². The van der Waals surface area contributed by atoms with Gasteiger partial charge in [0.05, 0.1) is 20.8 Å². The van der Waals surface area contributed by atoms with Crippen LogP contribution >= 0.6 is 15.9 Å². The molecule has 122 valence electrons. The van der Waals surface area contributed by atoms with Gasteiger partial charge in [-0.15, -0.1) is 0 Å². The third-order valence-electron chi connectivity index (χ3n) is 4.05. The molecular formula is C18H20BrNO3.